The molecule has 1 unspecified atom stereocenters. The average Bonchev–Trinajstić information content (AvgIpc) is 3.42. The van der Waals surface area contributed by atoms with Crippen LogP contribution in [0.4, 0.5) is 9.52 Å². The predicted octanol–water partition coefficient (Wildman–Crippen LogP) is 5.69. The molecule has 1 saturated heterocycles. The van der Waals surface area contributed by atoms with E-state index in [4.69, 9.17) is 9.72 Å². The van der Waals surface area contributed by atoms with Crippen molar-refractivity contribution in [2.24, 2.45) is 0 Å². The van der Waals surface area contributed by atoms with Gasteiger partial charge in [0.1, 0.15) is 5.82 Å². The Morgan fingerprint density at radius 3 is 2.87 bits per heavy atom. The van der Waals surface area contributed by atoms with Crippen LogP contribution in [0.3, 0.4) is 0 Å². The largest absolute Gasteiger partial charge is 0.376 e. The molecule has 1 aliphatic heterocycles. The lowest BCUT2D eigenvalue weighted by Gasteiger charge is -2.23. The zero-order chi connectivity index (χ0) is 20.9. The number of carbonyl (C=O) groups is 1. The highest BCUT2D eigenvalue weighted by atomic mass is 32.2. The number of halogens is 1. The fraction of sp³-hybridized carbons (Fsp3) is 0.391. The molecule has 0 radical (unpaired) electrons. The smallest absolute Gasteiger partial charge is 0.229 e. The zero-order valence-corrected chi connectivity index (χ0v) is 18.6. The Hall–Kier alpha value is -1.96. The number of rotatable bonds is 8. The number of aromatic nitrogens is 1. The summed E-state index contributed by atoms with van der Waals surface area (Å²) in [6, 6.07) is 12.7. The second kappa shape index (κ2) is 9.90. The third kappa shape index (κ3) is 5.20. The number of ether oxygens (including phenoxy) is 1. The monoisotopic (exact) mass is 444 g/mol. The summed E-state index contributed by atoms with van der Waals surface area (Å²) >= 11 is 3.13. The maximum absolute atomic E-state index is 13.1. The first-order valence-electron chi connectivity index (χ1n) is 10.3. The number of aryl methyl sites for hydroxylation is 1. The molecule has 1 fully saturated rings. The molecule has 4 nitrogen and oxygen atoms in total. The van der Waals surface area contributed by atoms with Crippen molar-refractivity contribution in [3.8, 4) is 0 Å². The number of benzene rings is 2. The minimum absolute atomic E-state index is 0.0508. The second-order valence-electron chi connectivity index (χ2n) is 7.34. The van der Waals surface area contributed by atoms with Crippen molar-refractivity contribution in [1.82, 2.24) is 4.98 Å². The summed E-state index contributed by atoms with van der Waals surface area (Å²) in [5.74, 6) is 0.437. The normalized spacial score (nSPS) is 16.3. The Balaban J connectivity index is 1.48. The summed E-state index contributed by atoms with van der Waals surface area (Å²) in [6.45, 7) is 3.43. The van der Waals surface area contributed by atoms with E-state index < -0.39 is 0 Å². The van der Waals surface area contributed by atoms with E-state index in [0.29, 0.717) is 18.7 Å². The number of fused-ring (bicyclic) bond motifs is 1. The van der Waals surface area contributed by atoms with Crippen LogP contribution in [-0.2, 0) is 16.0 Å². The van der Waals surface area contributed by atoms with E-state index in [1.54, 1.807) is 40.1 Å². The lowest BCUT2D eigenvalue weighted by atomic mass is 10.2. The lowest BCUT2D eigenvalue weighted by molar-refractivity contribution is -0.118. The van der Waals surface area contributed by atoms with Crippen LogP contribution in [0, 0.1) is 5.82 Å². The quantitative estimate of drug-likeness (QED) is 0.419. The number of thiazole rings is 1. The van der Waals surface area contributed by atoms with E-state index in [1.165, 1.54) is 17.7 Å². The first-order chi connectivity index (χ1) is 14.6. The molecule has 3 aromatic rings. The number of hydrogen-bond donors (Lipinski definition) is 0. The highest BCUT2D eigenvalue weighted by Crippen LogP contribution is 2.31. The number of hydrogen-bond acceptors (Lipinski definition) is 5. The van der Waals surface area contributed by atoms with Crippen LogP contribution >= 0.6 is 23.1 Å². The lowest BCUT2D eigenvalue weighted by Crippen LogP contribution is -2.37. The van der Waals surface area contributed by atoms with Gasteiger partial charge >= 0.3 is 0 Å². The van der Waals surface area contributed by atoms with Gasteiger partial charge in [-0.15, -0.1) is 11.8 Å². The van der Waals surface area contributed by atoms with Gasteiger partial charge in [0.2, 0.25) is 5.91 Å². The molecule has 0 aliphatic carbocycles. The summed E-state index contributed by atoms with van der Waals surface area (Å²) in [4.78, 5) is 20.6. The van der Waals surface area contributed by atoms with Crippen molar-refractivity contribution in [3.05, 3.63) is 53.8 Å². The van der Waals surface area contributed by atoms with Gasteiger partial charge in [-0.05, 0) is 61.2 Å². The Bertz CT molecular complexity index is 1000. The highest BCUT2D eigenvalue weighted by molar-refractivity contribution is 7.99. The summed E-state index contributed by atoms with van der Waals surface area (Å²) in [6.07, 6.45) is 3.44. The minimum Gasteiger partial charge on any atom is -0.376 e. The van der Waals surface area contributed by atoms with E-state index in [2.05, 4.69) is 19.1 Å². The van der Waals surface area contributed by atoms with E-state index in [-0.39, 0.29) is 17.8 Å². The molecule has 2 aromatic carbocycles. The number of nitrogens with zero attached hydrogens (tertiary/aromatic N) is 2. The van der Waals surface area contributed by atoms with Crippen LogP contribution < -0.4 is 4.90 Å². The van der Waals surface area contributed by atoms with Gasteiger partial charge in [0, 0.05) is 23.7 Å². The molecule has 2 heterocycles. The number of amides is 1. The maximum Gasteiger partial charge on any atom is 0.229 e. The molecular weight excluding hydrogens is 419 g/mol. The van der Waals surface area contributed by atoms with Gasteiger partial charge in [-0.25, -0.2) is 9.37 Å². The first kappa shape index (κ1) is 21.3. The molecule has 0 N–H and O–H groups in total. The van der Waals surface area contributed by atoms with Crippen LogP contribution in [0.2, 0.25) is 0 Å². The maximum atomic E-state index is 13.1. The molecule has 0 bridgehead atoms. The van der Waals surface area contributed by atoms with E-state index in [0.717, 1.165) is 46.1 Å². The van der Waals surface area contributed by atoms with Crippen molar-refractivity contribution in [3.63, 3.8) is 0 Å². The average molecular weight is 445 g/mol. The summed E-state index contributed by atoms with van der Waals surface area (Å²) in [7, 11) is 0. The Morgan fingerprint density at radius 1 is 1.30 bits per heavy atom. The second-order valence-corrected chi connectivity index (χ2v) is 9.52. The number of carbonyl (C=O) groups excluding carboxylic acids is 1. The topological polar surface area (TPSA) is 42.4 Å². The fourth-order valence-corrected chi connectivity index (χ4v) is 5.39. The summed E-state index contributed by atoms with van der Waals surface area (Å²) < 4.78 is 20.0. The van der Waals surface area contributed by atoms with E-state index in [1.807, 2.05) is 6.07 Å². The van der Waals surface area contributed by atoms with Crippen molar-refractivity contribution >= 4 is 44.4 Å². The first-order valence-corrected chi connectivity index (χ1v) is 12.1. The molecule has 7 heteroatoms. The van der Waals surface area contributed by atoms with Crippen LogP contribution in [0.25, 0.3) is 10.2 Å². The molecule has 4 rings (SSSR count). The van der Waals surface area contributed by atoms with E-state index >= 15 is 0 Å². The number of thioether (sulfide) groups is 1. The van der Waals surface area contributed by atoms with Gasteiger partial charge in [0.05, 0.1) is 22.9 Å². The zero-order valence-electron chi connectivity index (χ0n) is 17.0. The molecule has 1 amide bonds. The van der Waals surface area contributed by atoms with Crippen LogP contribution in [0.5, 0.6) is 0 Å². The van der Waals surface area contributed by atoms with E-state index in [9.17, 15) is 9.18 Å². The van der Waals surface area contributed by atoms with Crippen molar-refractivity contribution in [1.29, 1.82) is 0 Å². The summed E-state index contributed by atoms with van der Waals surface area (Å²) in [5, 5.41) is 0.741. The van der Waals surface area contributed by atoms with Gasteiger partial charge in [0.15, 0.2) is 5.13 Å². The SMILES string of the molecule is CCc1ccc2nc(N(CC3CCCO3)C(=O)CCSc3ccc(F)cc3)sc2c1. The van der Waals surface area contributed by atoms with Crippen molar-refractivity contribution in [2.45, 2.75) is 43.6 Å². The molecule has 1 atom stereocenters. The Morgan fingerprint density at radius 2 is 2.13 bits per heavy atom. The molecule has 30 heavy (non-hydrogen) atoms. The molecule has 1 aliphatic rings. The molecule has 0 spiro atoms. The Labute approximate surface area is 184 Å². The molecular formula is C23H25FN2O2S2. The predicted molar refractivity (Wildman–Crippen MR) is 122 cm³/mol. The molecule has 158 valence electrons. The van der Waals surface area contributed by atoms with Gasteiger partial charge in [-0.1, -0.05) is 24.3 Å². The van der Waals surface area contributed by atoms with Gasteiger partial charge in [-0.3, -0.25) is 9.69 Å². The third-order valence-corrected chi connectivity index (χ3v) is 7.25. The standard InChI is InChI=1S/C23H25FN2O2S2/c1-2-16-5-10-20-21(14-16)30-23(25-20)26(15-18-4-3-12-28-18)22(27)11-13-29-19-8-6-17(24)7-9-19/h5-10,14,18H,2-4,11-13,15H2,1H3. The number of anilines is 1. The van der Waals surface area contributed by atoms with Gasteiger partial charge in [-0.2, -0.15) is 0 Å². The summed E-state index contributed by atoms with van der Waals surface area (Å²) in [5.41, 5.74) is 2.20. The van der Waals surface area contributed by atoms with Crippen LogP contribution in [0.1, 0.15) is 31.7 Å². The Kier molecular flexibility index (Phi) is 7.02. The minimum atomic E-state index is -0.250. The third-order valence-electron chi connectivity index (χ3n) is 5.19. The molecule has 1 aromatic heterocycles. The van der Waals surface area contributed by atoms with Crippen LogP contribution in [0.15, 0.2) is 47.4 Å². The van der Waals surface area contributed by atoms with Crippen LogP contribution in [-0.4, -0.2) is 35.9 Å². The highest BCUT2D eigenvalue weighted by Gasteiger charge is 2.26. The van der Waals surface area contributed by atoms with Crippen molar-refractivity contribution < 1.29 is 13.9 Å². The van der Waals surface area contributed by atoms with Crippen molar-refractivity contribution in [2.75, 3.05) is 23.8 Å². The fourth-order valence-electron chi connectivity index (χ4n) is 3.49. The molecule has 0 saturated carbocycles. The van der Waals surface area contributed by atoms with Gasteiger partial charge < -0.3 is 4.74 Å². The van der Waals surface area contributed by atoms with Gasteiger partial charge in [0.25, 0.3) is 0 Å².